The van der Waals surface area contributed by atoms with Crippen molar-refractivity contribution in [3.05, 3.63) is 42.4 Å². The van der Waals surface area contributed by atoms with Gasteiger partial charge in [-0.05, 0) is 31.2 Å². The Hall–Kier alpha value is -2.66. The van der Waals surface area contributed by atoms with Gasteiger partial charge in [0.2, 0.25) is 5.88 Å². The van der Waals surface area contributed by atoms with E-state index in [0.717, 1.165) is 40.4 Å². The SMILES string of the molecule is Cn1c(O)c(/C=N/c2sc3c(c2C#N)CCCC3)c(=O)n(C)c1=O. The van der Waals surface area contributed by atoms with Crippen molar-refractivity contribution in [2.45, 2.75) is 25.7 Å². The molecule has 124 valence electrons. The van der Waals surface area contributed by atoms with Crippen molar-refractivity contribution >= 4 is 22.6 Å². The molecule has 0 saturated carbocycles. The summed E-state index contributed by atoms with van der Waals surface area (Å²) in [5.41, 5.74) is 0.290. The number of thiophene rings is 1. The first-order valence-electron chi connectivity index (χ1n) is 7.53. The molecule has 0 spiro atoms. The van der Waals surface area contributed by atoms with E-state index in [-0.39, 0.29) is 5.56 Å². The van der Waals surface area contributed by atoms with E-state index in [2.05, 4.69) is 11.1 Å². The molecule has 1 N–H and O–H groups in total. The quantitative estimate of drug-likeness (QED) is 0.831. The van der Waals surface area contributed by atoms with Crippen LogP contribution in [0.25, 0.3) is 0 Å². The molecule has 0 bridgehead atoms. The molecule has 0 atom stereocenters. The fourth-order valence-corrected chi connectivity index (χ4v) is 4.04. The fourth-order valence-electron chi connectivity index (χ4n) is 2.85. The lowest BCUT2D eigenvalue weighted by Gasteiger charge is -2.09. The van der Waals surface area contributed by atoms with Gasteiger partial charge in [0, 0.05) is 25.2 Å². The number of hydrogen-bond donors (Lipinski definition) is 1. The summed E-state index contributed by atoms with van der Waals surface area (Å²) in [6.45, 7) is 0. The van der Waals surface area contributed by atoms with Crippen LogP contribution in [0.4, 0.5) is 5.00 Å². The summed E-state index contributed by atoms with van der Waals surface area (Å²) in [5.74, 6) is -0.438. The lowest BCUT2D eigenvalue weighted by Crippen LogP contribution is -2.38. The molecule has 0 radical (unpaired) electrons. The molecule has 0 aromatic carbocycles. The molecule has 2 heterocycles. The number of aromatic nitrogens is 2. The highest BCUT2D eigenvalue weighted by Crippen LogP contribution is 2.39. The maximum atomic E-state index is 12.2. The molecule has 1 aliphatic carbocycles. The van der Waals surface area contributed by atoms with Gasteiger partial charge in [0.1, 0.15) is 16.6 Å². The molecule has 24 heavy (non-hydrogen) atoms. The number of hydrogen-bond acceptors (Lipinski definition) is 6. The van der Waals surface area contributed by atoms with Crippen molar-refractivity contribution in [3.63, 3.8) is 0 Å². The zero-order valence-corrected chi connectivity index (χ0v) is 14.2. The summed E-state index contributed by atoms with van der Waals surface area (Å²) in [5, 5.41) is 20.0. The van der Waals surface area contributed by atoms with Crippen LogP contribution in [-0.2, 0) is 26.9 Å². The molecule has 8 heteroatoms. The number of rotatable bonds is 2. The van der Waals surface area contributed by atoms with Crippen LogP contribution in [0, 0.1) is 11.3 Å². The maximum absolute atomic E-state index is 12.2. The summed E-state index contributed by atoms with van der Waals surface area (Å²) in [4.78, 5) is 29.4. The number of nitriles is 1. The number of aromatic hydroxyl groups is 1. The van der Waals surface area contributed by atoms with E-state index >= 15 is 0 Å². The van der Waals surface area contributed by atoms with E-state index in [4.69, 9.17) is 0 Å². The lowest BCUT2D eigenvalue weighted by molar-refractivity contribution is 0.410. The van der Waals surface area contributed by atoms with Gasteiger partial charge >= 0.3 is 5.69 Å². The summed E-state index contributed by atoms with van der Waals surface area (Å²) in [6.07, 6.45) is 5.21. The van der Waals surface area contributed by atoms with Gasteiger partial charge in [-0.2, -0.15) is 5.26 Å². The minimum atomic E-state index is -0.626. The lowest BCUT2D eigenvalue weighted by atomic mass is 9.96. The van der Waals surface area contributed by atoms with Gasteiger partial charge in [-0.25, -0.2) is 9.79 Å². The first kappa shape index (κ1) is 16.2. The van der Waals surface area contributed by atoms with Gasteiger partial charge in [-0.1, -0.05) is 0 Å². The van der Waals surface area contributed by atoms with Crippen LogP contribution in [0.1, 0.15) is 34.4 Å². The smallest absolute Gasteiger partial charge is 0.333 e. The molecule has 0 saturated heterocycles. The van der Waals surface area contributed by atoms with Gasteiger partial charge in [-0.3, -0.25) is 13.9 Å². The van der Waals surface area contributed by atoms with Crippen LogP contribution in [0.3, 0.4) is 0 Å². The van der Waals surface area contributed by atoms with Crippen LogP contribution in [0.5, 0.6) is 5.88 Å². The third-order valence-electron chi connectivity index (χ3n) is 4.24. The zero-order valence-electron chi connectivity index (χ0n) is 13.4. The van der Waals surface area contributed by atoms with Crippen LogP contribution in [-0.4, -0.2) is 20.5 Å². The molecule has 3 rings (SSSR count). The van der Waals surface area contributed by atoms with E-state index in [9.17, 15) is 20.0 Å². The van der Waals surface area contributed by atoms with Crippen molar-refractivity contribution in [1.82, 2.24) is 9.13 Å². The van der Waals surface area contributed by atoms with Crippen molar-refractivity contribution < 1.29 is 5.11 Å². The van der Waals surface area contributed by atoms with Gasteiger partial charge in [0.05, 0.1) is 5.56 Å². The second-order valence-electron chi connectivity index (χ2n) is 5.70. The van der Waals surface area contributed by atoms with E-state index in [1.54, 1.807) is 0 Å². The Kier molecular flexibility index (Phi) is 4.11. The van der Waals surface area contributed by atoms with Gasteiger partial charge in [0.25, 0.3) is 5.56 Å². The number of nitrogens with zero attached hydrogens (tertiary/aromatic N) is 4. The van der Waals surface area contributed by atoms with Crippen LogP contribution >= 0.6 is 11.3 Å². The zero-order chi connectivity index (χ0) is 17.4. The summed E-state index contributed by atoms with van der Waals surface area (Å²) >= 11 is 1.45. The average Bonchev–Trinajstić information content (AvgIpc) is 2.95. The third kappa shape index (κ3) is 2.47. The molecule has 2 aromatic heterocycles. The molecule has 0 amide bonds. The second kappa shape index (κ2) is 6.09. The number of fused-ring (bicyclic) bond motifs is 1. The standard InChI is InChI=1S/C16H16N4O3S/c1-19-14(21)11(15(22)20(2)16(19)23)8-18-13-10(7-17)9-5-3-4-6-12(9)24-13/h8,21H,3-6H2,1-2H3/b18-8+. The molecule has 0 fully saturated rings. The normalized spacial score (nSPS) is 13.9. The molecule has 7 nitrogen and oxygen atoms in total. The van der Waals surface area contributed by atoms with Gasteiger partial charge in [0.15, 0.2) is 0 Å². The maximum Gasteiger partial charge on any atom is 0.333 e. The Balaban J connectivity index is 2.11. The predicted molar refractivity (Wildman–Crippen MR) is 91.5 cm³/mol. The highest BCUT2D eigenvalue weighted by molar-refractivity contribution is 7.16. The Morgan fingerprint density at radius 2 is 1.96 bits per heavy atom. The molecular weight excluding hydrogens is 328 g/mol. The van der Waals surface area contributed by atoms with Gasteiger partial charge < -0.3 is 5.11 Å². The summed E-state index contributed by atoms with van der Waals surface area (Å²) in [7, 11) is 2.71. The van der Waals surface area contributed by atoms with Crippen LogP contribution in [0.15, 0.2) is 14.6 Å². The molecule has 2 aromatic rings. The largest absolute Gasteiger partial charge is 0.494 e. The highest BCUT2D eigenvalue weighted by atomic mass is 32.1. The van der Waals surface area contributed by atoms with Crippen molar-refractivity contribution in [2.75, 3.05) is 0 Å². The van der Waals surface area contributed by atoms with Crippen LogP contribution in [0.2, 0.25) is 0 Å². The third-order valence-corrected chi connectivity index (χ3v) is 5.44. The van der Waals surface area contributed by atoms with E-state index in [1.165, 1.54) is 36.5 Å². The summed E-state index contributed by atoms with van der Waals surface area (Å²) in [6, 6.07) is 2.20. The minimum absolute atomic E-state index is 0.0742. The molecular formula is C16H16N4O3S. The number of aliphatic imine (C=N–C) groups is 1. The average molecular weight is 344 g/mol. The highest BCUT2D eigenvalue weighted by Gasteiger charge is 2.20. The van der Waals surface area contributed by atoms with E-state index < -0.39 is 17.1 Å². The Morgan fingerprint density at radius 1 is 1.25 bits per heavy atom. The predicted octanol–water partition coefficient (Wildman–Crippen LogP) is 1.35. The Morgan fingerprint density at radius 3 is 2.67 bits per heavy atom. The summed E-state index contributed by atoms with van der Waals surface area (Å²) < 4.78 is 1.89. The fraction of sp³-hybridized carbons (Fsp3) is 0.375. The van der Waals surface area contributed by atoms with Gasteiger partial charge in [-0.15, -0.1) is 11.3 Å². The van der Waals surface area contributed by atoms with Crippen molar-refractivity contribution in [3.8, 4) is 11.9 Å². The first-order valence-corrected chi connectivity index (χ1v) is 8.35. The van der Waals surface area contributed by atoms with E-state index in [0.29, 0.717) is 10.6 Å². The monoisotopic (exact) mass is 344 g/mol. The van der Waals surface area contributed by atoms with Crippen LogP contribution < -0.4 is 11.2 Å². The Labute approximate surface area is 141 Å². The van der Waals surface area contributed by atoms with E-state index in [1.807, 2.05) is 0 Å². The first-order chi connectivity index (χ1) is 11.5. The number of aryl methyl sites for hydroxylation is 1. The topological polar surface area (TPSA) is 100 Å². The van der Waals surface area contributed by atoms with Crippen molar-refractivity contribution in [1.29, 1.82) is 5.26 Å². The minimum Gasteiger partial charge on any atom is -0.494 e. The molecule has 0 aliphatic heterocycles. The molecule has 1 aliphatic rings. The Bertz CT molecular complexity index is 1000. The molecule has 0 unspecified atom stereocenters. The van der Waals surface area contributed by atoms with Crippen molar-refractivity contribution in [2.24, 2.45) is 19.1 Å². The second-order valence-corrected chi connectivity index (χ2v) is 6.79.